The maximum absolute atomic E-state index is 2.66. The van der Waals surface area contributed by atoms with E-state index in [4.69, 9.17) is 0 Å². The second-order valence-corrected chi connectivity index (χ2v) is 4.95. The van der Waals surface area contributed by atoms with Crippen LogP contribution in [-0.4, -0.2) is 6.16 Å². The van der Waals surface area contributed by atoms with Gasteiger partial charge >= 0.3 is 0 Å². The Morgan fingerprint density at radius 2 is 1.20 bits per heavy atom. The molecule has 0 aromatic heterocycles. The molecule has 0 aromatic carbocycles. The monoisotopic (exact) mass is 232 g/mol. The fourth-order valence-electron chi connectivity index (χ4n) is 1.74. The Bertz CT molecular complexity index is 83.3. The fraction of sp³-hybridized carbons (Fsp3) is 1.00. The van der Waals surface area contributed by atoms with Gasteiger partial charge in [-0.3, -0.25) is 0 Å². The van der Waals surface area contributed by atoms with Crippen molar-refractivity contribution in [2.75, 3.05) is 6.16 Å². The average molecular weight is 232 g/mol. The lowest BCUT2D eigenvalue weighted by atomic mass is 9.93. The number of hydrogen-bond acceptors (Lipinski definition) is 0. The van der Waals surface area contributed by atoms with Crippen LogP contribution in [0.15, 0.2) is 0 Å². The van der Waals surface area contributed by atoms with E-state index in [2.05, 4.69) is 36.9 Å². The molecule has 0 heterocycles. The summed E-state index contributed by atoms with van der Waals surface area (Å²) in [4.78, 5) is 0. The largest absolute Gasteiger partial charge is 0.138 e. The molecule has 0 rings (SSSR count). The van der Waals surface area contributed by atoms with E-state index in [9.17, 15) is 0 Å². The van der Waals surface area contributed by atoms with Crippen molar-refractivity contribution in [2.45, 2.75) is 79.1 Å². The third-order valence-electron chi connectivity index (χ3n) is 2.65. The molecule has 0 aromatic rings. The summed E-state index contributed by atoms with van der Waals surface area (Å²) in [5, 5.41) is 0. The highest BCUT2D eigenvalue weighted by atomic mass is 31.0. The Balaban J connectivity index is 0. The molecule has 0 aliphatic rings. The minimum Gasteiger partial charge on any atom is -0.138 e. The van der Waals surface area contributed by atoms with Gasteiger partial charge in [0.05, 0.1) is 0 Å². The minimum absolute atomic E-state index is 1.03. The van der Waals surface area contributed by atoms with Crippen LogP contribution in [0.25, 0.3) is 0 Å². The molecule has 94 valence electrons. The van der Waals surface area contributed by atoms with Crippen LogP contribution in [0.5, 0.6) is 0 Å². The average Bonchev–Trinajstić information content (AvgIpc) is 2.27. The molecule has 0 radical (unpaired) electrons. The first kappa shape index (κ1) is 17.8. The first-order valence-corrected chi connectivity index (χ1v) is 7.78. The molecule has 0 nitrogen and oxygen atoms in total. The molecule has 0 amide bonds. The normalized spacial score (nSPS) is 10.0. The highest BCUT2D eigenvalue weighted by Crippen LogP contribution is 2.19. The maximum atomic E-state index is 2.66. The second kappa shape index (κ2) is 16.8. The topological polar surface area (TPSA) is 0 Å². The van der Waals surface area contributed by atoms with Crippen LogP contribution in [-0.2, 0) is 0 Å². The van der Waals surface area contributed by atoms with E-state index in [1.165, 1.54) is 57.5 Å². The van der Waals surface area contributed by atoms with Gasteiger partial charge in [-0.25, -0.2) is 0 Å². The van der Waals surface area contributed by atoms with Crippen molar-refractivity contribution in [3.05, 3.63) is 0 Å². The molecule has 0 aliphatic heterocycles. The lowest BCUT2D eigenvalue weighted by molar-refractivity contribution is 0.398. The van der Waals surface area contributed by atoms with Crippen molar-refractivity contribution in [1.29, 1.82) is 0 Å². The van der Waals surface area contributed by atoms with E-state index in [0.717, 1.165) is 5.92 Å². The Morgan fingerprint density at radius 3 is 1.47 bits per heavy atom. The minimum atomic E-state index is 1.03. The lowest BCUT2D eigenvalue weighted by Gasteiger charge is -2.13. The van der Waals surface area contributed by atoms with Gasteiger partial charge in [0.15, 0.2) is 0 Å². The summed E-state index contributed by atoms with van der Waals surface area (Å²) in [6.45, 7) is 9.05. The van der Waals surface area contributed by atoms with Crippen LogP contribution >= 0.6 is 9.24 Å². The summed E-state index contributed by atoms with van der Waals surface area (Å²) < 4.78 is 0. The predicted octanol–water partition coefficient (Wildman–Crippen LogP) is 5.66. The predicted molar refractivity (Wildman–Crippen MR) is 77.7 cm³/mol. The summed E-state index contributed by atoms with van der Waals surface area (Å²) in [6, 6.07) is 0. The summed E-state index contributed by atoms with van der Waals surface area (Å²) in [5.74, 6) is 1.03. The Hall–Kier alpha value is 0.430. The summed E-state index contributed by atoms with van der Waals surface area (Å²) >= 11 is 0. The quantitative estimate of drug-likeness (QED) is 0.473. The van der Waals surface area contributed by atoms with Gasteiger partial charge in [-0.15, -0.1) is 9.24 Å². The molecule has 0 bridgehead atoms. The third-order valence-corrected chi connectivity index (χ3v) is 3.23. The first-order valence-electron chi connectivity index (χ1n) is 6.96. The fourth-order valence-corrected chi connectivity index (χ4v) is 1.74. The van der Waals surface area contributed by atoms with E-state index in [0.29, 0.717) is 0 Å². The van der Waals surface area contributed by atoms with Gasteiger partial charge in [-0.1, -0.05) is 79.1 Å². The summed E-state index contributed by atoms with van der Waals surface area (Å²) in [6.07, 6.45) is 12.4. The Morgan fingerprint density at radius 1 is 0.733 bits per heavy atom. The summed E-state index contributed by atoms with van der Waals surface area (Å²) in [5.41, 5.74) is 0. The van der Waals surface area contributed by atoms with Gasteiger partial charge in [0.2, 0.25) is 0 Å². The zero-order valence-corrected chi connectivity index (χ0v) is 12.7. The van der Waals surface area contributed by atoms with Crippen LogP contribution in [0, 0.1) is 5.92 Å². The highest BCUT2D eigenvalue weighted by Gasteiger charge is 2.04. The SMILES string of the molecule is CCCCC(CCC)CCC.CCCP. The molecule has 0 fully saturated rings. The van der Waals surface area contributed by atoms with Gasteiger partial charge in [0, 0.05) is 0 Å². The number of rotatable bonds is 8. The van der Waals surface area contributed by atoms with Crippen LogP contribution in [0.2, 0.25) is 0 Å². The van der Waals surface area contributed by atoms with Gasteiger partial charge in [0.1, 0.15) is 0 Å². The Kier molecular flexibility index (Phi) is 20.0. The molecular formula is C14H33P. The molecule has 0 spiro atoms. The molecule has 15 heavy (non-hydrogen) atoms. The highest BCUT2D eigenvalue weighted by molar-refractivity contribution is 7.16. The van der Waals surface area contributed by atoms with Gasteiger partial charge in [-0.2, -0.15) is 0 Å². The van der Waals surface area contributed by atoms with Crippen molar-refractivity contribution in [3.63, 3.8) is 0 Å². The van der Waals surface area contributed by atoms with Crippen LogP contribution < -0.4 is 0 Å². The smallest absolute Gasteiger partial charge is 0.0384 e. The standard InChI is InChI=1S/C11H24.C3H9P/c1-4-7-10-11(8-5-2)9-6-3;1-2-3-4/h11H,4-10H2,1-3H3;2-4H2,1H3. The lowest BCUT2D eigenvalue weighted by Crippen LogP contribution is -1.99. The van der Waals surface area contributed by atoms with Crippen molar-refractivity contribution < 1.29 is 0 Å². The number of unbranched alkanes of at least 4 members (excludes halogenated alkanes) is 1. The van der Waals surface area contributed by atoms with Crippen molar-refractivity contribution in [2.24, 2.45) is 5.92 Å². The van der Waals surface area contributed by atoms with Crippen LogP contribution in [0.4, 0.5) is 0 Å². The zero-order valence-electron chi connectivity index (χ0n) is 11.5. The van der Waals surface area contributed by atoms with Crippen molar-refractivity contribution in [1.82, 2.24) is 0 Å². The van der Waals surface area contributed by atoms with E-state index < -0.39 is 0 Å². The van der Waals surface area contributed by atoms with Gasteiger partial charge in [-0.05, 0) is 12.1 Å². The van der Waals surface area contributed by atoms with Crippen LogP contribution in [0.3, 0.4) is 0 Å². The van der Waals surface area contributed by atoms with Gasteiger partial charge in [0.25, 0.3) is 0 Å². The molecular weight excluding hydrogens is 199 g/mol. The van der Waals surface area contributed by atoms with Crippen molar-refractivity contribution >= 4 is 9.24 Å². The van der Waals surface area contributed by atoms with Crippen LogP contribution in [0.1, 0.15) is 79.1 Å². The molecule has 0 saturated heterocycles. The number of hydrogen-bond donors (Lipinski definition) is 0. The van der Waals surface area contributed by atoms with Gasteiger partial charge < -0.3 is 0 Å². The Labute approximate surface area is 101 Å². The van der Waals surface area contributed by atoms with E-state index in [1.54, 1.807) is 0 Å². The maximum Gasteiger partial charge on any atom is -0.0384 e. The van der Waals surface area contributed by atoms with Crippen molar-refractivity contribution in [3.8, 4) is 0 Å². The van der Waals surface area contributed by atoms with E-state index in [1.807, 2.05) is 0 Å². The molecule has 0 saturated carbocycles. The molecule has 0 N–H and O–H groups in total. The molecule has 0 aliphatic carbocycles. The first-order chi connectivity index (χ1) is 7.26. The van der Waals surface area contributed by atoms with E-state index >= 15 is 0 Å². The molecule has 1 unspecified atom stereocenters. The third kappa shape index (κ3) is 17.1. The molecule has 1 heteroatoms. The second-order valence-electron chi connectivity index (χ2n) is 4.37. The van der Waals surface area contributed by atoms with E-state index in [-0.39, 0.29) is 0 Å². The summed E-state index contributed by atoms with van der Waals surface area (Å²) in [7, 11) is 2.66. The molecule has 1 atom stereocenters. The zero-order chi connectivity index (χ0) is 11.9.